The van der Waals surface area contributed by atoms with Crippen molar-refractivity contribution in [3.05, 3.63) is 0 Å². The molecule has 0 radical (unpaired) electrons. The van der Waals surface area contributed by atoms with Crippen molar-refractivity contribution in [2.75, 3.05) is 0 Å². The van der Waals surface area contributed by atoms with Crippen LogP contribution < -0.4 is 0 Å². The molecule has 4 saturated heterocycles. The summed E-state index contributed by atoms with van der Waals surface area (Å²) in [4.78, 5) is 38.0. The summed E-state index contributed by atoms with van der Waals surface area (Å²) in [5.74, 6) is -2.80. The van der Waals surface area contributed by atoms with Crippen LogP contribution in [0, 0.1) is 34.0 Å². The van der Waals surface area contributed by atoms with Gasteiger partial charge in [0.15, 0.2) is 11.7 Å². The summed E-state index contributed by atoms with van der Waals surface area (Å²) in [5, 5.41) is 11.2. The molecule has 152 valence electrons. The minimum Gasteiger partial charge on any atom is -0.462 e. The van der Waals surface area contributed by atoms with Gasteiger partial charge in [0.1, 0.15) is 12.2 Å². The van der Waals surface area contributed by atoms with Crippen molar-refractivity contribution in [2.45, 2.75) is 70.7 Å². The Morgan fingerprint density at radius 3 is 2.46 bits per heavy atom. The Hall–Kier alpha value is -1.67. The molecule has 6 rings (SSSR count). The molecule has 2 saturated carbocycles. The zero-order chi connectivity index (χ0) is 20.0. The number of fused-ring (bicyclic) bond motifs is 1. The van der Waals surface area contributed by atoms with Crippen LogP contribution in [0.2, 0.25) is 0 Å². The van der Waals surface area contributed by atoms with Crippen LogP contribution >= 0.6 is 0 Å². The number of carbonyl (C=O) groups excluding carboxylic acids is 3. The first kappa shape index (κ1) is 17.2. The molecule has 0 aromatic heterocycles. The van der Waals surface area contributed by atoms with Crippen molar-refractivity contribution in [1.29, 1.82) is 0 Å². The highest BCUT2D eigenvalue weighted by Crippen LogP contribution is 2.83. The molecule has 10 atom stereocenters. The van der Waals surface area contributed by atoms with E-state index in [9.17, 15) is 19.5 Å². The number of rotatable bonds is 0. The number of aliphatic hydroxyl groups excluding tert-OH is 1. The van der Waals surface area contributed by atoms with E-state index in [2.05, 4.69) is 20.8 Å². The fourth-order valence-electron chi connectivity index (χ4n) is 8.09. The number of hydrogen-bond acceptors (Lipinski definition) is 8. The van der Waals surface area contributed by atoms with E-state index in [-0.39, 0.29) is 17.3 Å². The molecule has 8 heteroatoms. The Bertz CT molecular complexity index is 846. The van der Waals surface area contributed by atoms with Crippen LogP contribution in [0.4, 0.5) is 0 Å². The second-order valence-electron chi connectivity index (χ2n) is 10.5. The predicted molar refractivity (Wildman–Crippen MR) is 89.2 cm³/mol. The minimum atomic E-state index is -1.43. The zero-order valence-corrected chi connectivity index (χ0v) is 16.3. The van der Waals surface area contributed by atoms with Crippen LogP contribution in [0.1, 0.15) is 40.5 Å². The van der Waals surface area contributed by atoms with E-state index in [0.717, 1.165) is 0 Å². The molecule has 2 aliphatic carbocycles. The van der Waals surface area contributed by atoms with Gasteiger partial charge in [0, 0.05) is 5.92 Å². The molecule has 0 aromatic rings. The van der Waals surface area contributed by atoms with Crippen LogP contribution in [0.5, 0.6) is 0 Å². The lowest BCUT2D eigenvalue weighted by atomic mass is 9.52. The largest absolute Gasteiger partial charge is 0.462 e. The van der Waals surface area contributed by atoms with Gasteiger partial charge in [-0.3, -0.25) is 4.79 Å². The molecule has 6 fully saturated rings. The molecule has 8 nitrogen and oxygen atoms in total. The highest BCUT2D eigenvalue weighted by Gasteiger charge is 2.97. The summed E-state index contributed by atoms with van der Waals surface area (Å²) < 4.78 is 23.3. The molecule has 0 amide bonds. The van der Waals surface area contributed by atoms with E-state index in [1.165, 1.54) is 0 Å². The molecule has 5 unspecified atom stereocenters. The topological polar surface area (TPSA) is 108 Å². The summed E-state index contributed by atoms with van der Waals surface area (Å²) in [6.07, 6.45) is -2.58. The average Bonchev–Trinajstić information content (AvgIpc) is 3.30. The second kappa shape index (κ2) is 4.41. The van der Waals surface area contributed by atoms with Crippen molar-refractivity contribution >= 4 is 17.9 Å². The van der Waals surface area contributed by atoms with Gasteiger partial charge >= 0.3 is 17.9 Å². The summed E-state index contributed by atoms with van der Waals surface area (Å²) >= 11 is 0. The zero-order valence-electron chi connectivity index (χ0n) is 16.3. The summed E-state index contributed by atoms with van der Waals surface area (Å²) in [5.41, 5.74) is -3.77. The molecular weight excluding hydrogens is 368 g/mol. The van der Waals surface area contributed by atoms with Gasteiger partial charge in [-0.25, -0.2) is 9.59 Å². The Labute approximate surface area is 161 Å². The van der Waals surface area contributed by atoms with Crippen LogP contribution in [-0.4, -0.2) is 53.2 Å². The molecule has 4 heterocycles. The summed E-state index contributed by atoms with van der Waals surface area (Å²) in [6.45, 7) is 7.90. The molecule has 6 aliphatic rings. The SMILES string of the molecule is C[C@H]1C(=O)OC2CC34C5C[C@@H](C(C)(C)C)C36C(OC(=O)[C@@H]6O)O[C@@]4(C(=O)O5)[C@H]21. The third-order valence-electron chi connectivity index (χ3n) is 8.76. The van der Waals surface area contributed by atoms with Gasteiger partial charge in [0.05, 0.1) is 16.7 Å². The van der Waals surface area contributed by atoms with Crippen LogP contribution in [-0.2, 0) is 33.3 Å². The minimum absolute atomic E-state index is 0.170. The fraction of sp³-hybridized carbons (Fsp3) is 0.850. The third kappa shape index (κ3) is 1.32. The average molecular weight is 392 g/mol. The number of esters is 3. The summed E-state index contributed by atoms with van der Waals surface area (Å²) in [7, 11) is 0. The van der Waals surface area contributed by atoms with Gasteiger partial charge in [0.2, 0.25) is 6.29 Å². The molecule has 4 aliphatic heterocycles. The Morgan fingerprint density at radius 2 is 1.79 bits per heavy atom. The van der Waals surface area contributed by atoms with E-state index >= 15 is 0 Å². The number of aliphatic hydroxyl groups is 1. The van der Waals surface area contributed by atoms with Crippen LogP contribution in [0.25, 0.3) is 0 Å². The standard InChI is InChI=1S/C20H24O8/c1-7-11-8(25-13(7)22)6-18-10-5-9(17(2,3)4)19(18)12(21)14(23)27-16(19)28-20(11,18)15(24)26-10/h7-12,16,21H,5-6H2,1-4H3/t7-,8?,9+,10?,11+,12+,16?,18?,19?,20-/m1/s1. The molecule has 0 bridgehead atoms. The van der Waals surface area contributed by atoms with Crippen LogP contribution in [0.15, 0.2) is 0 Å². The lowest BCUT2D eigenvalue weighted by molar-refractivity contribution is -0.206. The first-order valence-corrected chi connectivity index (χ1v) is 10.0. The normalized spacial score (nSPS) is 58.2. The van der Waals surface area contributed by atoms with E-state index < -0.39 is 64.8 Å². The first-order valence-electron chi connectivity index (χ1n) is 10.0. The lowest BCUT2D eigenvalue weighted by Gasteiger charge is -2.46. The van der Waals surface area contributed by atoms with Crippen LogP contribution in [0.3, 0.4) is 0 Å². The van der Waals surface area contributed by atoms with Gasteiger partial charge in [0.25, 0.3) is 0 Å². The Morgan fingerprint density at radius 1 is 1.07 bits per heavy atom. The number of hydrogen-bond donors (Lipinski definition) is 1. The van der Waals surface area contributed by atoms with Crippen molar-refractivity contribution in [3.8, 4) is 0 Å². The van der Waals surface area contributed by atoms with Gasteiger partial charge in [-0.2, -0.15) is 0 Å². The maximum Gasteiger partial charge on any atom is 0.340 e. The van der Waals surface area contributed by atoms with Crippen molar-refractivity contribution in [2.24, 2.45) is 34.0 Å². The molecule has 1 N–H and O–H groups in total. The van der Waals surface area contributed by atoms with E-state index in [1.807, 2.05) is 0 Å². The van der Waals surface area contributed by atoms with Gasteiger partial charge < -0.3 is 24.1 Å². The number of ether oxygens (including phenoxy) is 4. The fourth-order valence-corrected chi connectivity index (χ4v) is 8.09. The van der Waals surface area contributed by atoms with Crippen molar-refractivity contribution in [1.82, 2.24) is 0 Å². The first-order chi connectivity index (χ1) is 13.0. The Balaban J connectivity index is 1.65. The second-order valence-corrected chi connectivity index (χ2v) is 10.5. The monoisotopic (exact) mass is 392 g/mol. The van der Waals surface area contributed by atoms with Gasteiger partial charge in [-0.05, 0) is 24.2 Å². The highest BCUT2D eigenvalue weighted by molar-refractivity contribution is 5.91. The van der Waals surface area contributed by atoms with Gasteiger partial charge in [-0.1, -0.05) is 27.7 Å². The maximum atomic E-state index is 13.3. The number of carbonyl (C=O) groups is 3. The smallest absolute Gasteiger partial charge is 0.340 e. The molecule has 2 spiro atoms. The Kier molecular flexibility index (Phi) is 2.71. The third-order valence-corrected chi connectivity index (χ3v) is 8.76. The van der Waals surface area contributed by atoms with Crippen molar-refractivity contribution in [3.63, 3.8) is 0 Å². The quantitative estimate of drug-likeness (QED) is 0.470. The molecule has 28 heavy (non-hydrogen) atoms. The summed E-state index contributed by atoms with van der Waals surface area (Å²) in [6, 6.07) is 0. The van der Waals surface area contributed by atoms with E-state index in [1.54, 1.807) is 6.92 Å². The molecular formula is C20H24O8. The van der Waals surface area contributed by atoms with E-state index in [4.69, 9.17) is 18.9 Å². The molecule has 0 aromatic carbocycles. The lowest BCUT2D eigenvalue weighted by Crippen LogP contribution is -2.59. The van der Waals surface area contributed by atoms with E-state index in [0.29, 0.717) is 12.8 Å². The maximum absolute atomic E-state index is 13.3. The van der Waals surface area contributed by atoms with Gasteiger partial charge in [-0.15, -0.1) is 0 Å². The highest BCUT2D eigenvalue weighted by atomic mass is 16.7. The predicted octanol–water partition coefficient (Wildman–Crippen LogP) is 0.545. The van der Waals surface area contributed by atoms with Crippen molar-refractivity contribution < 1.29 is 38.4 Å².